The topological polar surface area (TPSA) is 40.1 Å². The Kier molecular flexibility index (Phi) is 7.42. The maximum absolute atomic E-state index is 14.2. The summed E-state index contributed by atoms with van der Waals surface area (Å²) >= 11 is 0. The summed E-state index contributed by atoms with van der Waals surface area (Å²) in [6.45, 7) is 4.88. The molecule has 28 heavy (non-hydrogen) atoms. The van der Waals surface area contributed by atoms with E-state index in [0.29, 0.717) is 18.4 Å². The quantitative estimate of drug-likeness (QED) is 0.565. The van der Waals surface area contributed by atoms with E-state index >= 15 is 0 Å². The number of halogens is 3. The first-order valence-electron chi connectivity index (χ1n) is 10.0. The number of benzene rings is 1. The highest BCUT2D eigenvalue weighted by Gasteiger charge is 2.27. The Morgan fingerprint density at radius 3 is 2.79 bits per heavy atom. The Bertz CT molecular complexity index is 665. The smallest absolute Gasteiger partial charge is 0.387 e. The Hall–Kier alpha value is -1.96. The average molecular weight is 398 g/mol. The van der Waals surface area contributed by atoms with Crippen LogP contribution in [0, 0.1) is 11.7 Å². The fourth-order valence-corrected chi connectivity index (χ4v) is 3.98. The van der Waals surface area contributed by atoms with Crippen molar-refractivity contribution in [3.8, 4) is 5.75 Å². The minimum absolute atomic E-state index is 0.0472. The van der Waals surface area contributed by atoms with E-state index in [2.05, 4.69) is 24.8 Å². The lowest BCUT2D eigenvalue weighted by Gasteiger charge is -2.23. The van der Waals surface area contributed by atoms with Crippen LogP contribution in [0.1, 0.15) is 31.7 Å². The van der Waals surface area contributed by atoms with Gasteiger partial charge in [-0.25, -0.2) is 9.38 Å². The van der Waals surface area contributed by atoms with Gasteiger partial charge in [0.2, 0.25) is 0 Å². The second kappa shape index (κ2) is 10.0. The number of nitrogens with one attached hydrogen (secondary N) is 1. The molecule has 0 aliphatic carbocycles. The van der Waals surface area contributed by atoms with Crippen molar-refractivity contribution >= 4 is 5.96 Å². The van der Waals surface area contributed by atoms with E-state index in [-0.39, 0.29) is 17.9 Å². The van der Waals surface area contributed by atoms with E-state index in [1.165, 1.54) is 44.1 Å². The van der Waals surface area contributed by atoms with E-state index in [9.17, 15) is 13.2 Å². The van der Waals surface area contributed by atoms with Gasteiger partial charge in [-0.15, -0.1) is 0 Å². The third kappa shape index (κ3) is 5.53. The molecule has 0 bridgehead atoms. The van der Waals surface area contributed by atoms with Crippen LogP contribution < -0.4 is 10.1 Å². The molecule has 156 valence electrons. The summed E-state index contributed by atoms with van der Waals surface area (Å²) in [5, 5.41) is 3.24. The Labute approximate surface area is 164 Å². The van der Waals surface area contributed by atoms with E-state index in [4.69, 9.17) is 0 Å². The fourth-order valence-electron chi connectivity index (χ4n) is 3.98. The molecule has 0 aromatic heterocycles. The van der Waals surface area contributed by atoms with Crippen molar-refractivity contribution in [2.24, 2.45) is 10.9 Å². The predicted octanol–water partition coefficient (Wildman–Crippen LogP) is 3.31. The van der Waals surface area contributed by atoms with E-state index in [0.717, 1.165) is 26.1 Å². The summed E-state index contributed by atoms with van der Waals surface area (Å²) in [6.07, 6.45) is 3.67. The highest BCUT2D eigenvalue weighted by molar-refractivity contribution is 5.80. The van der Waals surface area contributed by atoms with Gasteiger partial charge in [0, 0.05) is 26.2 Å². The van der Waals surface area contributed by atoms with Crippen LogP contribution >= 0.6 is 0 Å². The van der Waals surface area contributed by atoms with E-state index < -0.39 is 12.4 Å². The second-order valence-corrected chi connectivity index (χ2v) is 7.37. The van der Waals surface area contributed by atoms with Gasteiger partial charge in [0.1, 0.15) is 11.6 Å². The first-order valence-corrected chi connectivity index (χ1v) is 10.0. The van der Waals surface area contributed by atoms with Gasteiger partial charge in [-0.1, -0.05) is 6.07 Å². The molecule has 1 aromatic rings. The van der Waals surface area contributed by atoms with Crippen LogP contribution in [0.5, 0.6) is 5.75 Å². The van der Waals surface area contributed by atoms with Gasteiger partial charge in [-0.3, -0.25) is 0 Å². The third-order valence-electron chi connectivity index (χ3n) is 5.31. The molecular weight excluding hydrogens is 369 g/mol. The molecule has 2 saturated heterocycles. The highest BCUT2D eigenvalue weighted by atomic mass is 19.3. The van der Waals surface area contributed by atoms with Crippen LogP contribution in [0.4, 0.5) is 13.2 Å². The Morgan fingerprint density at radius 1 is 1.29 bits per heavy atom. The van der Waals surface area contributed by atoms with Crippen molar-refractivity contribution in [3.63, 3.8) is 0 Å². The molecule has 8 heteroatoms. The van der Waals surface area contributed by atoms with Crippen LogP contribution in [0.25, 0.3) is 0 Å². The number of alkyl halides is 2. The third-order valence-corrected chi connectivity index (χ3v) is 5.31. The molecule has 1 N–H and O–H groups in total. The number of ether oxygens (including phenoxy) is 1. The maximum Gasteiger partial charge on any atom is 0.387 e. The summed E-state index contributed by atoms with van der Waals surface area (Å²) in [6, 6.07) is 3.93. The highest BCUT2D eigenvalue weighted by Crippen LogP contribution is 2.25. The lowest BCUT2D eigenvalue weighted by Crippen LogP contribution is -2.40. The summed E-state index contributed by atoms with van der Waals surface area (Å²) in [7, 11) is 0. The molecule has 1 unspecified atom stereocenters. The maximum atomic E-state index is 14.2. The molecule has 3 rings (SSSR count). The first-order chi connectivity index (χ1) is 13.6. The molecule has 2 aliphatic rings. The van der Waals surface area contributed by atoms with Gasteiger partial charge in [0.25, 0.3) is 0 Å². The Morgan fingerprint density at radius 2 is 2.07 bits per heavy atom. The molecule has 2 heterocycles. The number of rotatable bonds is 7. The van der Waals surface area contributed by atoms with Crippen molar-refractivity contribution in [2.45, 2.75) is 39.3 Å². The molecule has 2 fully saturated rings. The summed E-state index contributed by atoms with van der Waals surface area (Å²) in [5.74, 6) is 0.528. The SMILES string of the molecule is CCNC(=NCc1c(F)cccc1OC(F)F)N1CCC(CN2CCCC2)C1. The van der Waals surface area contributed by atoms with Crippen LogP contribution in [0.2, 0.25) is 0 Å². The molecule has 0 spiro atoms. The summed E-state index contributed by atoms with van der Waals surface area (Å²) in [4.78, 5) is 9.21. The minimum atomic E-state index is -3.00. The van der Waals surface area contributed by atoms with Crippen molar-refractivity contribution in [1.82, 2.24) is 15.1 Å². The molecule has 0 radical (unpaired) electrons. The van der Waals surface area contributed by atoms with E-state index in [1.54, 1.807) is 0 Å². The van der Waals surface area contributed by atoms with Crippen molar-refractivity contribution < 1.29 is 17.9 Å². The fraction of sp³-hybridized carbons (Fsp3) is 0.650. The molecular formula is C20H29F3N4O. The van der Waals surface area contributed by atoms with Crippen LogP contribution in [-0.2, 0) is 6.54 Å². The molecule has 1 atom stereocenters. The normalized spacial score (nSPS) is 21.0. The first kappa shape index (κ1) is 20.8. The molecule has 2 aliphatic heterocycles. The lowest BCUT2D eigenvalue weighted by molar-refractivity contribution is -0.0506. The zero-order valence-electron chi connectivity index (χ0n) is 16.3. The lowest BCUT2D eigenvalue weighted by atomic mass is 10.1. The van der Waals surface area contributed by atoms with Crippen LogP contribution in [0.15, 0.2) is 23.2 Å². The van der Waals surface area contributed by atoms with Gasteiger partial charge >= 0.3 is 6.61 Å². The number of nitrogens with zero attached hydrogens (tertiary/aromatic N) is 3. The monoisotopic (exact) mass is 398 g/mol. The second-order valence-electron chi connectivity index (χ2n) is 7.37. The van der Waals surface area contributed by atoms with Gasteiger partial charge in [0.15, 0.2) is 5.96 Å². The number of hydrogen-bond acceptors (Lipinski definition) is 3. The molecule has 1 aromatic carbocycles. The van der Waals surface area contributed by atoms with Crippen molar-refractivity contribution in [1.29, 1.82) is 0 Å². The van der Waals surface area contributed by atoms with Gasteiger partial charge in [0.05, 0.1) is 12.1 Å². The molecule has 5 nitrogen and oxygen atoms in total. The molecule has 0 saturated carbocycles. The predicted molar refractivity (Wildman–Crippen MR) is 103 cm³/mol. The van der Waals surface area contributed by atoms with Gasteiger partial charge in [-0.05, 0) is 57.3 Å². The number of likely N-dealkylation sites (tertiary alicyclic amines) is 2. The standard InChI is InChI=1S/C20H29F3N4O/c1-2-24-20(27-11-8-15(14-27)13-26-9-3-4-10-26)25-12-16-17(21)6-5-7-18(16)28-19(22)23/h5-7,15,19H,2-4,8-14H2,1H3,(H,24,25). The summed E-state index contributed by atoms with van der Waals surface area (Å²) in [5.41, 5.74) is 0.0472. The zero-order valence-corrected chi connectivity index (χ0v) is 16.3. The van der Waals surface area contributed by atoms with Crippen LogP contribution in [0.3, 0.4) is 0 Å². The Balaban J connectivity index is 1.66. The summed E-state index contributed by atoms with van der Waals surface area (Å²) < 4.78 is 43.8. The van der Waals surface area contributed by atoms with E-state index in [1.807, 2.05) is 6.92 Å². The average Bonchev–Trinajstić information content (AvgIpc) is 3.32. The van der Waals surface area contributed by atoms with Crippen molar-refractivity contribution in [2.75, 3.05) is 39.3 Å². The zero-order chi connectivity index (χ0) is 19.9. The minimum Gasteiger partial charge on any atom is -0.434 e. The van der Waals surface area contributed by atoms with Crippen LogP contribution in [-0.4, -0.2) is 61.6 Å². The van der Waals surface area contributed by atoms with Gasteiger partial charge < -0.3 is 19.9 Å². The number of guanidine groups is 1. The number of hydrogen-bond donors (Lipinski definition) is 1. The largest absolute Gasteiger partial charge is 0.434 e. The van der Waals surface area contributed by atoms with Gasteiger partial charge in [-0.2, -0.15) is 8.78 Å². The molecule has 0 amide bonds. The number of aliphatic imine (C=N–C) groups is 1. The van der Waals surface area contributed by atoms with Crippen molar-refractivity contribution in [3.05, 3.63) is 29.6 Å².